The molecule has 0 saturated carbocycles. The molecule has 22 heavy (non-hydrogen) atoms. The summed E-state index contributed by atoms with van der Waals surface area (Å²) in [5, 5.41) is 0.883. The fourth-order valence-electron chi connectivity index (χ4n) is 2.43. The van der Waals surface area contributed by atoms with Gasteiger partial charge in [-0.05, 0) is 23.6 Å². The van der Waals surface area contributed by atoms with Gasteiger partial charge in [0.05, 0.1) is 15.9 Å². The predicted octanol–water partition coefficient (Wildman–Crippen LogP) is 4.21. The number of hydrogen-bond donors (Lipinski definition) is 2. The van der Waals surface area contributed by atoms with Crippen LogP contribution in [-0.2, 0) is 6.42 Å². The lowest BCUT2D eigenvalue weighted by Crippen LogP contribution is -2.43. The summed E-state index contributed by atoms with van der Waals surface area (Å²) in [5.74, 6) is 0.325. The van der Waals surface area contributed by atoms with Crippen LogP contribution in [0.2, 0.25) is 0 Å². The summed E-state index contributed by atoms with van der Waals surface area (Å²) in [6, 6.07) is 18.5. The summed E-state index contributed by atoms with van der Waals surface area (Å²) >= 11 is 1.63. The number of nitrogens with two attached hydrogens (primary N) is 1. The first-order valence-corrected chi connectivity index (χ1v) is 8.35. The summed E-state index contributed by atoms with van der Waals surface area (Å²) in [6.07, 6.45) is 0.813. The van der Waals surface area contributed by atoms with E-state index in [-0.39, 0.29) is 0 Å². The molecule has 1 atom stereocenters. The Balaban J connectivity index is 1.87. The smallest absolute Gasteiger partial charge is 0.168 e. The minimum absolute atomic E-state index is 0.325. The van der Waals surface area contributed by atoms with Crippen LogP contribution in [0.1, 0.15) is 19.4 Å². The third-order valence-corrected chi connectivity index (χ3v) is 5.34. The van der Waals surface area contributed by atoms with E-state index in [4.69, 9.17) is 5.73 Å². The maximum atomic E-state index is 6.73. The number of fused-ring (bicyclic) bond motifs is 1. The number of aromatic amines is 1. The van der Waals surface area contributed by atoms with Crippen molar-refractivity contribution in [1.82, 2.24) is 9.97 Å². The fourth-order valence-corrected chi connectivity index (χ4v) is 3.57. The standard InChI is InChI=1S/C18H21N3S/c1-13(2)18(19,12-14-8-4-3-5-9-14)22-17-20-15-10-6-7-11-16(15)21-17/h3-11,13H,12,19H2,1-2H3,(H,20,21). The van der Waals surface area contributed by atoms with Crippen molar-refractivity contribution >= 4 is 22.8 Å². The third kappa shape index (κ3) is 3.18. The van der Waals surface area contributed by atoms with E-state index in [0.717, 1.165) is 22.6 Å². The van der Waals surface area contributed by atoms with Crippen LogP contribution < -0.4 is 5.73 Å². The van der Waals surface area contributed by atoms with Crippen molar-refractivity contribution in [2.75, 3.05) is 0 Å². The lowest BCUT2D eigenvalue weighted by molar-refractivity contribution is 0.443. The highest BCUT2D eigenvalue weighted by Crippen LogP contribution is 2.36. The quantitative estimate of drug-likeness (QED) is 0.548. The highest BCUT2D eigenvalue weighted by molar-refractivity contribution is 8.00. The van der Waals surface area contributed by atoms with Gasteiger partial charge in [-0.1, -0.05) is 68.1 Å². The van der Waals surface area contributed by atoms with Gasteiger partial charge in [0.15, 0.2) is 5.16 Å². The molecule has 0 radical (unpaired) electrons. The highest BCUT2D eigenvalue weighted by atomic mass is 32.2. The molecule has 0 aliphatic heterocycles. The van der Waals surface area contributed by atoms with Gasteiger partial charge >= 0.3 is 0 Å². The van der Waals surface area contributed by atoms with Crippen molar-refractivity contribution in [2.45, 2.75) is 30.3 Å². The molecule has 0 bridgehead atoms. The van der Waals surface area contributed by atoms with Gasteiger partial charge in [0.25, 0.3) is 0 Å². The molecule has 2 aromatic carbocycles. The minimum atomic E-state index is -0.394. The Morgan fingerprint density at radius 3 is 2.45 bits per heavy atom. The average Bonchev–Trinajstić information content (AvgIpc) is 2.89. The maximum absolute atomic E-state index is 6.73. The largest absolute Gasteiger partial charge is 0.333 e. The van der Waals surface area contributed by atoms with Crippen molar-refractivity contribution < 1.29 is 0 Å². The first-order valence-electron chi connectivity index (χ1n) is 7.53. The topological polar surface area (TPSA) is 54.7 Å². The number of H-pyrrole nitrogens is 1. The van der Waals surface area contributed by atoms with Crippen molar-refractivity contribution in [3.05, 3.63) is 60.2 Å². The van der Waals surface area contributed by atoms with Crippen LogP contribution in [0.25, 0.3) is 11.0 Å². The van der Waals surface area contributed by atoms with E-state index < -0.39 is 4.87 Å². The Morgan fingerprint density at radius 1 is 1.09 bits per heavy atom. The van der Waals surface area contributed by atoms with E-state index in [1.54, 1.807) is 11.8 Å². The second-order valence-electron chi connectivity index (χ2n) is 5.93. The fraction of sp³-hybridized carbons (Fsp3) is 0.278. The number of benzene rings is 2. The van der Waals surface area contributed by atoms with Crippen LogP contribution in [0, 0.1) is 5.92 Å². The zero-order chi connectivity index (χ0) is 15.6. The van der Waals surface area contributed by atoms with Crippen molar-refractivity contribution in [3.8, 4) is 0 Å². The van der Waals surface area contributed by atoms with E-state index >= 15 is 0 Å². The maximum Gasteiger partial charge on any atom is 0.168 e. The molecule has 0 amide bonds. The van der Waals surface area contributed by atoms with Crippen molar-refractivity contribution in [3.63, 3.8) is 0 Å². The SMILES string of the molecule is CC(C)C(N)(Cc1ccccc1)Sc1nc2ccccc2[nH]1. The Kier molecular flexibility index (Phi) is 4.23. The molecular formula is C18H21N3S. The van der Waals surface area contributed by atoms with Gasteiger partial charge in [-0.2, -0.15) is 0 Å². The average molecular weight is 311 g/mol. The Bertz CT molecular complexity index is 718. The van der Waals surface area contributed by atoms with E-state index in [2.05, 4.69) is 48.1 Å². The molecule has 1 heterocycles. The molecule has 1 aromatic heterocycles. The summed E-state index contributed by atoms with van der Waals surface area (Å²) in [7, 11) is 0. The van der Waals surface area contributed by atoms with Crippen LogP contribution >= 0.6 is 11.8 Å². The number of nitrogens with zero attached hydrogens (tertiary/aromatic N) is 1. The Morgan fingerprint density at radius 2 is 1.77 bits per heavy atom. The normalized spacial score (nSPS) is 14.4. The lowest BCUT2D eigenvalue weighted by Gasteiger charge is -2.32. The van der Waals surface area contributed by atoms with E-state index in [1.165, 1.54) is 5.56 Å². The number of hydrogen-bond acceptors (Lipinski definition) is 3. The molecule has 3 aromatic rings. The zero-order valence-electron chi connectivity index (χ0n) is 12.9. The third-order valence-electron chi connectivity index (χ3n) is 3.95. The van der Waals surface area contributed by atoms with Gasteiger partial charge in [-0.25, -0.2) is 4.98 Å². The number of para-hydroxylation sites is 2. The first kappa shape index (κ1) is 15.1. The van der Waals surface area contributed by atoms with E-state index in [0.29, 0.717) is 5.92 Å². The molecule has 0 aliphatic carbocycles. The first-order chi connectivity index (χ1) is 10.6. The molecule has 0 fully saturated rings. The summed E-state index contributed by atoms with van der Waals surface area (Å²) in [5.41, 5.74) is 10.0. The van der Waals surface area contributed by atoms with Crippen LogP contribution in [0.15, 0.2) is 59.8 Å². The summed E-state index contributed by atoms with van der Waals surface area (Å²) in [4.78, 5) is 7.62. The molecule has 114 valence electrons. The van der Waals surface area contributed by atoms with Crippen LogP contribution in [-0.4, -0.2) is 14.8 Å². The summed E-state index contributed by atoms with van der Waals surface area (Å²) < 4.78 is 0. The van der Waals surface area contributed by atoms with E-state index in [1.807, 2.05) is 30.3 Å². The van der Waals surface area contributed by atoms with Crippen molar-refractivity contribution in [2.24, 2.45) is 11.7 Å². The van der Waals surface area contributed by atoms with Crippen LogP contribution in [0.3, 0.4) is 0 Å². The van der Waals surface area contributed by atoms with Gasteiger partial charge in [0.1, 0.15) is 0 Å². The molecule has 0 aliphatic rings. The molecule has 0 spiro atoms. The number of thioether (sulfide) groups is 1. The number of rotatable bonds is 5. The van der Waals surface area contributed by atoms with Crippen LogP contribution in [0.4, 0.5) is 0 Å². The molecule has 4 heteroatoms. The van der Waals surface area contributed by atoms with Crippen LogP contribution in [0.5, 0.6) is 0 Å². The summed E-state index contributed by atoms with van der Waals surface area (Å²) in [6.45, 7) is 4.33. The second-order valence-corrected chi connectivity index (χ2v) is 7.28. The van der Waals surface area contributed by atoms with Gasteiger partial charge in [0.2, 0.25) is 0 Å². The van der Waals surface area contributed by atoms with Gasteiger partial charge in [-0.15, -0.1) is 0 Å². The zero-order valence-corrected chi connectivity index (χ0v) is 13.7. The monoisotopic (exact) mass is 311 g/mol. The number of imidazole rings is 1. The molecule has 1 unspecified atom stereocenters. The number of nitrogens with one attached hydrogen (secondary N) is 1. The number of aromatic nitrogens is 2. The highest BCUT2D eigenvalue weighted by Gasteiger charge is 2.32. The lowest BCUT2D eigenvalue weighted by atomic mass is 9.96. The Hall–Kier alpha value is -1.78. The predicted molar refractivity (Wildman–Crippen MR) is 93.9 cm³/mol. The molecule has 0 saturated heterocycles. The van der Waals surface area contributed by atoms with Gasteiger partial charge in [-0.3, -0.25) is 0 Å². The second kappa shape index (κ2) is 6.15. The van der Waals surface area contributed by atoms with E-state index in [9.17, 15) is 0 Å². The van der Waals surface area contributed by atoms with Gasteiger partial charge in [0, 0.05) is 6.42 Å². The molecule has 3 rings (SSSR count). The minimum Gasteiger partial charge on any atom is -0.333 e. The molecule has 3 nitrogen and oxygen atoms in total. The molecule has 3 N–H and O–H groups in total. The Labute approximate surface area is 135 Å². The van der Waals surface area contributed by atoms with Gasteiger partial charge < -0.3 is 10.7 Å². The molecular weight excluding hydrogens is 290 g/mol. The van der Waals surface area contributed by atoms with Crippen molar-refractivity contribution in [1.29, 1.82) is 0 Å².